The summed E-state index contributed by atoms with van der Waals surface area (Å²) in [6.45, 7) is 0. The first-order valence-electron chi connectivity index (χ1n) is 4.26. The lowest BCUT2D eigenvalue weighted by Gasteiger charge is -2.27. The van der Waals surface area contributed by atoms with Gasteiger partial charge in [0.2, 0.25) is 0 Å². The van der Waals surface area contributed by atoms with E-state index >= 15 is 0 Å². The van der Waals surface area contributed by atoms with Crippen LogP contribution in [0.3, 0.4) is 0 Å². The van der Waals surface area contributed by atoms with Gasteiger partial charge in [0.1, 0.15) is 6.23 Å². The summed E-state index contributed by atoms with van der Waals surface area (Å²) in [4.78, 5) is 12.2. The molecule has 0 N–H and O–H groups in total. The number of nitrogens with zero attached hydrogens (tertiary/aromatic N) is 1. The van der Waals surface area contributed by atoms with Gasteiger partial charge in [-0.15, -0.1) is 0 Å². The van der Waals surface area contributed by atoms with Gasteiger partial charge in [0.15, 0.2) is 6.29 Å². The first-order chi connectivity index (χ1) is 7.29. The fraction of sp³-hybridized carbons (Fsp3) is 0.375. The van der Waals surface area contributed by atoms with Crippen molar-refractivity contribution in [3.8, 4) is 0 Å². The molecule has 1 rings (SSSR count). The van der Waals surface area contributed by atoms with Crippen LogP contribution in [0.2, 0.25) is 0 Å². The molecule has 0 radical (unpaired) electrons. The molecule has 0 aromatic heterocycles. The van der Waals surface area contributed by atoms with Crippen LogP contribution in [-0.2, 0) is 9.53 Å². The number of likely N-dealkylation sites (N-methyl/N-ethyl adjacent to an activating group) is 1. The van der Waals surface area contributed by atoms with E-state index in [4.69, 9.17) is 4.74 Å². The Hall–Kier alpha value is -1.31. The van der Waals surface area contributed by atoms with Crippen molar-refractivity contribution in [1.82, 2.24) is 4.90 Å². The van der Waals surface area contributed by atoms with E-state index in [1.165, 1.54) is 0 Å². The maximum absolute atomic E-state index is 10.4. The Morgan fingerprint density at radius 3 is 2.31 bits per heavy atom. The normalized spacial score (nSPS) is 19.8. The maximum Gasteiger partial charge on any atom is 0.673 e. The van der Waals surface area contributed by atoms with Crippen molar-refractivity contribution < 1.29 is 26.8 Å². The molecule has 0 bridgehead atoms. The minimum Gasteiger partial charge on any atom is -0.418 e. The standard InChI is InChI=1S/C8H11NO2.BF4/c1-9-7(6-10)4-3-5-8(9)11-2;2-1(3,4)5/h3-6,8H,1-2H3;/q;-1. The zero-order valence-electron chi connectivity index (χ0n) is 8.74. The third kappa shape index (κ3) is 6.23. The number of rotatable bonds is 2. The summed E-state index contributed by atoms with van der Waals surface area (Å²) in [5, 5.41) is 0. The summed E-state index contributed by atoms with van der Waals surface area (Å²) in [5.41, 5.74) is 0.638. The zero-order valence-corrected chi connectivity index (χ0v) is 8.74. The largest absolute Gasteiger partial charge is 0.673 e. The van der Waals surface area contributed by atoms with Crippen LogP contribution in [0.25, 0.3) is 0 Å². The molecule has 8 heteroatoms. The average molecular weight is 240 g/mol. The van der Waals surface area contributed by atoms with E-state index in [-0.39, 0.29) is 6.23 Å². The van der Waals surface area contributed by atoms with Crippen LogP contribution in [0.4, 0.5) is 17.3 Å². The molecule has 1 atom stereocenters. The fourth-order valence-corrected chi connectivity index (χ4v) is 1.00. The van der Waals surface area contributed by atoms with Gasteiger partial charge in [-0.25, -0.2) is 0 Å². The first kappa shape index (κ1) is 14.7. The van der Waals surface area contributed by atoms with Crippen LogP contribution in [-0.4, -0.2) is 38.8 Å². The van der Waals surface area contributed by atoms with E-state index in [1.807, 2.05) is 19.2 Å². The van der Waals surface area contributed by atoms with Gasteiger partial charge < -0.3 is 26.9 Å². The maximum atomic E-state index is 10.4. The van der Waals surface area contributed by atoms with E-state index in [9.17, 15) is 22.1 Å². The molecule has 1 aliphatic rings. The van der Waals surface area contributed by atoms with E-state index in [0.29, 0.717) is 5.70 Å². The second kappa shape index (κ2) is 6.31. The lowest BCUT2D eigenvalue weighted by atomic mass is 10.2. The third-order valence-corrected chi connectivity index (χ3v) is 1.69. The molecule has 0 spiro atoms. The van der Waals surface area contributed by atoms with Gasteiger partial charge in [0.25, 0.3) is 0 Å². The highest BCUT2D eigenvalue weighted by Crippen LogP contribution is 2.11. The Balaban J connectivity index is 0.000000385. The minimum absolute atomic E-state index is 0.111. The Labute approximate surface area is 90.5 Å². The van der Waals surface area contributed by atoms with Crippen molar-refractivity contribution >= 4 is 13.5 Å². The molecule has 92 valence electrons. The van der Waals surface area contributed by atoms with Gasteiger partial charge >= 0.3 is 7.25 Å². The van der Waals surface area contributed by atoms with Crippen LogP contribution < -0.4 is 0 Å². The van der Waals surface area contributed by atoms with Gasteiger partial charge in [-0.2, -0.15) is 0 Å². The number of aldehydes is 1. The first-order valence-corrected chi connectivity index (χ1v) is 4.26. The van der Waals surface area contributed by atoms with E-state index in [0.717, 1.165) is 6.29 Å². The smallest absolute Gasteiger partial charge is 0.418 e. The summed E-state index contributed by atoms with van der Waals surface area (Å²) >= 11 is 0. The average Bonchev–Trinajstić information content (AvgIpc) is 2.16. The summed E-state index contributed by atoms with van der Waals surface area (Å²) in [6, 6.07) is 0. The Kier molecular flexibility index (Phi) is 5.80. The van der Waals surface area contributed by atoms with E-state index in [1.54, 1.807) is 18.1 Å². The number of allylic oxidation sites excluding steroid dienone is 3. The predicted octanol–water partition coefficient (Wildman–Crippen LogP) is 1.84. The molecule has 16 heavy (non-hydrogen) atoms. The lowest BCUT2D eigenvalue weighted by molar-refractivity contribution is -0.107. The number of hydrogen-bond donors (Lipinski definition) is 0. The van der Waals surface area contributed by atoms with Gasteiger partial charge in [0.05, 0.1) is 5.70 Å². The van der Waals surface area contributed by atoms with Crippen LogP contribution in [0.15, 0.2) is 23.9 Å². The van der Waals surface area contributed by atoms with Crippen molar-refractivity contribution in [1.29, 1.82) is 0 Å². The molecular weight excluding hydrogens is 229 g/mol. The van der Waals surface area contributed by atoms with Gasteiger partial charge in [-0.1, -0.05) is 6.08 Å². The number of carbonyl (C=O) groups excluding carboxylic acids is 1. The van der Waals surface area contributed by atoms with Crippen LogP contribution in [0, 0.1) is 0 Å². The molecule has 0 aromatic carbocycles. The molecular formula is C8H11BF4NO2-. The highest BCUT2D eigenvalue weighted by atomic mass is 19.5. The van der Waals surface area contributed by atoms with Gasteiger partial charge in [0, 0.05) is 14.2 Å². The van der Waals surface area contributed by atoms with E-state index in [2.05, 4.69) is 0 Å². The van der Waals surface area contributed by atoms with Crippen LogP contribution in [0.5, 0.6) is 0 Å². The monoisotopic (exact) mass is 240 g/mol. The minimum atomic E-state index is -6.00. The quantitative estimate of drug-likeness (QED) is 0.419. The molecule has 0 amide bonds. The number of methoxy groups -OCH3 is 1. The van der Waals surface area contributed by atoms with Gasteiger partial charge in [-0.05, 0) is 12.2 Å². The highest BCUT2D eigenvalue weighted by Gasteiger charge is 2.20. The second-order valence-electron chi connectivity index (χ2n) is 2.83. The highest BCUT2D eigenvalue weighted by molar-refractivity contribution is 6.50. The van der Waals surface area contributed by atoms with Crippen LogP contribution in [0.1, 0.15) is 0 Å². The molecule has 0 aromatic rings. The number of halogens is 4. The lowest BCUT2D eigenvalue weighted by Crippen LogP contribution is -2.33. The molecule has 1 unspecified atom stereocenters. The summed E-state index contributed by atoms with van der Waals surface area (Å²) < 4.78 is 44.1. The van der Waals surface area contributed by atoms with E-state index < -0.39 is 7.25 Å². The summed E-state index contributed by atoms with van der Waals surface area (Å²) in [6.07, 6.45) is 6.16. The number of hydrogen-bond acceptors (Lipinski definition) is 3. The van der Waals surface area contributed by atoms with Crippen molar-refractivity contribution in [3.05, 3.63) is 23.9 Å². The Bertz CT molecular complexity index is 284. The molecule has 1 heterocycles. The Morgan fingerprint density at radius 1 is 1.44 bits per heavy atom. The summed E-state index contributed by atoms with van der Waals surface area (Å²) in [7, 11) is -2.57. The molecule has 0 aliphatic carbocycles. The zero-order chi connectivity index (χ0) is 12.8. The van der Waals surface area contributed by atoms with Crippen molar-refractivity contribution in [2.75, 3.05) is 14.2 Å². The predicted molar refractivity (Wildman–Crippen MR) is 52.0 cm³/mol. The molecule has 0 saturated heterocycles. The molecule has 3 nitrogen and oxygen atoms in total. The number of carbonyl (C=O) groups is 1. The Morgan fingerprint density at radius 2 is 1.94 bits per heavy atom. The second-order valence-corrected chi connectivity index (χ2v) is 2.83. The van der Waals surface area contributed by atoms with Crippen molar-refractivity contribution in [2.24, 2.45) is 0 Å². The topological polar surface area (TPSA) is 29.5 Å². The molecule has 1 aliphatic heterocycles. The van der Waals surface area contributed by atoms with Crippen molar-refractivity contribution in [2.45, 2.75) is 6.23 Å². The fourth-order valence-electron chi connectivity index (χ4n) is 1.00. The van der Waals surface area contributed by atoms with Crippen molar-refractivity contribution in [3.63, 3.8) is 0 Å². The number of ether oxygens (including phenoxy) is 1. The van der Waals surface area contributed by atoms with Crippen LogP contribution >= 0.6 is 0 Å². The third-order valence-electron chi connectivity index (χ3n) is 1.69. The molecule has 0 fully saturated rings. The molecule has 0 saturated carbocycles. The SMILES string of the molecule is COC1C=CC=C(C=O)N1C.F[B-](F)(F)F. The summed E-state index contributed by atoms with van der Waals surface area (Å²) in [5.74, 6) is 0. The van der Waals surface area contributed by atoms with Gasteiger partial charge in [-0.3, -0.25) is 4.79 Å².